The number of rotatable bonds is 2. The first-order valence-corrected chi connectivity index (χ1v) is 5.47. The molecule has 8 heavy (non-hydrogen) atoms. The van der Waals surface area contributed by atoms with Gasteiger partial charge in [0.2, 0.25) is 0 Å². The minimum absolute atomic E-state index is 0.535. The summed E-state index contributed by atoms with van der Waals surface area (Å²) in [7, 11) is 0. The molecule has 0 saturated carbocycles. The van der Waals surface area contributed by atoms with E-state index in [1.54, 1.807) is 0 Å². The molecule has 0 heterocycles. The van der Waals surface area contributed by atoms with Crippen LogP contribution < -0.4 is 0 Å². The Hall–Kier alpha value is -0.188. The number of carbonyl (C=O) groups is 1. The fourth-order valence-electron chi connectivity index (χ4n) is 0.548. The molecule has 1 aliphatic rings. The predicted molar refractivity (Wildman–Crippen MR) is 28.8 cm³/mol. The fraction of sp³-hybridized carbons (Fsp3) is 0.167. The summed E-state index contributed by atoms with van der Waals surface area (Å²) >= 11 is -0.565. The summed E-state index contributed by atoms with van der Waals surface area (Å²) in [5.74, 6) is 0. The second-order valence-electron chi connectivity index (χ2n) is 1.43. The van der Waals surface area contributed by atoms with Crippen LogP contribution in [0, 0.1) is 0 Å². The summed E-state index contributed by atoms with van der Waals surface area (Å²) in [5.41, 5.74) is 0. The van der Waals surface area contributed by atoms with E-state index in [1.807, 2.05) is 12.2 Å². The zero-order valence-electron chi connectivity index (χ0n) is 4.25. The Balaban J connectivity index is 2.37. The van der Waals surface area contributed by atoms with Crippen molar-refractivity contribution in [2.24, 2.45) is 0 Å². The SMILES string of the molecule is O=[CH][Re][CH]1C=CC=C1. The molecule has 0 aromatic rings. The van der Waals surface area contributed by atoms with Crippen molar-refractivity contribution in [1.29, 1.82) is 0 Å². The molecule has 2 heteroatoms. The third kappa shape index (κ3) is 1.40. The Bertz CT molecular complexity index is 125. The van der Waals surface area contributed by atoms with E-state index in [9.17, 15) is 4.79 Å². The van der Waals surface area contributed by atoms with Gasteiger partial charge >= 0.3 is 56.2 Å². The van der Waals surface area contributed by atoms with Gasteiger partial charge in [-0.1, -0.05) is 0 Å². The average molecular weight is 280 g/mol. The molecule has 0 N–H and O–H groups in total. The van der Waals surface area contributed by atoms with Crippen LogP contribution in [0.1, 0.15) is 0 Å². The summed E-state index contributed by atoms with van der Waals surface area (Å²) < 4.78 is 1.64. The van der Waals surface area contributed by atoms with Crippen LogP contribution in [0.15, 0.2) is 24.3 Å². The van der Waals surface area contributed by atoms with Gasteiger partial charge in [0.05, 0.1) is 0 Å². The van der Waals surface area contributed by atoms with Crippen molar-refractivity contribution in [3.63, 3.8) is 0 Å². The van der Waals surface area contributed by atoms with Crippen LogP contribution in [-0.4, -0.2) is 4.76 Å². The van der Waals surface area contributed by atoms with Gasteiger partial charge in [0, 0.05) is 0 Å². The molecular weight excluding hydrogens is 274 g/mol. The van der Waals surface area contributed by atoms with E-state index >= 15 is 0 Å². The van der Waals surface area contributed by atoms with Crippen molar-refractivity contribution < 1.29 is 22.8 Å². The Kier molecular flexibility index (Phi) is 2.20. The van der Waals surface area contributed by atoms with E-state index in [2.05, 4.69) is 12.2 Å². The normalized spacial score (nSPS) is 17.5. The summed E-state index contributed by atoms with van der Waals surface area (Å²) in [6.45, 7) is 0. The van der Waals surface area contributed by atoms with Crippen molar-refractivity contribution in [2.45, 2.75) is 4.39 Å². The topological polar surface area (TPSA) is 17.1 Å². The molecule has 0 spiro atoms. The summed E-state index contributed by atoms with van der Waals surface area (Å²) in [6, 6.07) is 0. The first-order valence-electron chi connectivity index (χ1n) is 2.34. The van der Waals surface area contributed by atoms with Crippen LogP contribution in [-0.2, 0) is 22.8 Å². The van der Waals surface area contributed by atoms with Crippen LogP contribution >= 0.6 is 0 Å². The molecule has 43 valence electrons. The molecule has 1 aliphatic carbocycles. The van der Waals surface area contributed by atoms with Gasteiger partial charge in [-0.25, -0.2) is 0 Å². The van der Waals surface area contributed by atoms with Crippen molar-refractivity contribution in [2.75, 3.05) is 0 Å². The number of hydrogen-bond donors (Lipinski definition) is 0. The zero-order chi connectivity index (χ0) is 5.82. The molecule has 0 bridgehead atoms. The molecule has 0 fully saturated rings. The third-order valence-electron chi connectivity index (χ3n) is 0.898. The van der Waals surface area contributed by atoms with Gasteiger partial charge < -0.3 is 0 Å². The number of carbonyl (C=O) groups excluding carboxylic acids is 1. The van der Waals surface area contributed by atoms with Crippen molar-refractivity contribution in [3.8, 4) is 0 Å². The van der Waals surface area contributed by atoms with E-state index in [1.165, 1.54) is 0 Å². The van der Waals surface area contributed by atoms with Gasteiger partial charge in [0.25, 0.3) is 0 Å². The predicted octanol–water partition coefficient (Wildman–Crippen LogP) is 1.17. The van der Waals surface area contributed by atoms with Crippen LogP contribution in [0.5, 0.6) is 0 Å². The van der Waals surface area contributed by atoms with Crippen molar-refractivity contribution >= 4 is 4.76 Å². The molecular formula is C6H6ORe. The molecule has 1 rings (SSSR count). The molecule has 0 saturated heterocycles. The molecule has 0 unspecified atom stereocenters. The number of hydrogen-bond acceptors (Lipinski definition) is 1. The Labute approximate surface area is 56.6 Å². The van der Waals surface area contributed by atoms with E-state index in [-0.39, 0.29) is 0 Å². The third-order valence-corrected chi connectivity index (χ3v) is 3.36. The molecule has 0 radical (unpaired) electrons. The molecule has 0 amide bonds. The molecule has 0 aliphatic heterocycles. The Morgan fingerprint density at radius 3 is 2.50 bits per heavy atom. The fourth-order valence-corrected chi connectivity index (χ4v) is 2.18. The monoisotopic (exact) mass is 281 g/mol. The first kappa shape index (κ1) is 5.94. The van der Waals surface area contributed by atoms with Gasteiger partial charge in [-0.05, 0) is 0 Å². The van der Waals surface area contributed by atoms with Crippen LogP contribution in [0.2, 0.25) is 4.39 Å². The standard InChI is InChI=1S/C5H5.CHO.Re/c1-2-4-5-3-1;1-2;/h1-5H;1H;. The second kappa shape index (κ2) is 2.96. The van der Waals surface area contributed by atoms with E-state index in [0.29, 0.717) is 4.39 Å². The summed E-state index contributed by atoms with van der Waals surface area (Å²) in [6.07, 6.45) is 8.19. The molecule has 0 aromatic carbocycles. The summed E-state index contributed by atoms with van der Waals surface area (Å²) in [5, 5.41) is 0. The van der Waals surface area contributed by atoms with E-state index in [0.717, 1.165) is 4.76 Å². The van der Waals surface area contributed by atoms with Crippen LogP contribution in [0.4, 0.5) is 0 Å². The van der Waals surface area contributed by atoms with Gasteiger partial charge in [0.15, 0.2) is 0 Å². The minimum atomic E-state index is -0.565. The van der Waals surface area contributed by atoms with Gasteiger partial charge in [-0.3, -0.25) is 0 Å². The second-order valence-corrected chi connectivity index (χ2v) is 4.79. The number of allylic oxidation sites excluding steroid dienone is 4. The average Bonchev–Trinajstić information content (AvgIpc) is 2.19. The van der Waals surface area contributed by atoms with Gasteiger partial charge in [-0.15, -0.1) is 0 Å². The van der Waals surface area contributed by atoms with Gasteiger partial charge in [-0.2, -0.15) is 0 Å². The summed E-state index contributed by atoms with van der Waals surface area (Å²) in [4.78, 5) is 9.96. The maximum absolute atomic E-state index is 9.96. The molecule has 1 nitrogen and oxygen atoms in total. The Morgan fingerprint density at radius 1 is 1.38 bits per heavy atom. The van der Waals surface area contributed by atoms with Crippen molar-refractivity contribution in [3.05, 3.63) is 24.3 Å². The zero-order valence-corrected chi connectivity index (χ0v) is 6.97. The molecule has 0 aromatic heterocycles. The quantitative estimate of drug-likeness (QED) is 0.694. The van der Waals surface area contributed by atoms with Crippen molar-refractivity contribution in [1.82, 2.24) is 0 Å². The maximum atomic E-state index is 9.96. The van der Waals surface area contributed by atoms with E-state index < -0.39 is 18.0 Å². The van der Waals surface area contributed by atoms with Gasteiger partial charge in [0.1, 0.15) is 0 Å². The Morgan fingerprint density at radius 2 is 2.00 bits per heavy atom. The molecule has 0 atom stereocenters. The van der Waals surface area contributed by atoms with E-state index in [4.69, 9.17) is 0 Å². The van der Waals surface area contributed by atoms with Crippen LogP contribution in [0.25, 0.3) is 0 Å². The first-order chi connectivity index (χ1) is 3.93. The van der Waals surface area contributed by atoms with Crippen LogP contribution in [0.3, 0.4) is 0 Å².